The predicted octanol–water partition coefficient (Wildman–Crippen LogP) is 2.77. The number of aromatic nitrogens is 2. The average molecular weight is 285 g/mol. The molecule has 112 valence electrons. The van der Waals surface area contributed by atoms with E-state index in [1.165, 1.54) is 38.0 Å². The van der Waals surface area contributed by atoms with Crippen LogP contribution < -0.4 is 4.74 Å². The summed E-state index contributed by atoms with van der Waals surface area (Å²) in [5, 5.41) is 0. The summed E-state index contributed by atoms with van der Waals surface area (Å²) in [4.78, 5) is 6.65. The Hall–Kier alpha value is -1.81. The Morgan fingerprint density at radius 1 is 1.24 bits per heavy atom. The molecule has 1 aliphatic rings. The van der Waals surface area contributed by atoms with Crippen LogP contribution in [-0.2, 0) is 6.54 Å². The molecule has 4 nitrogen and oxygen atoms in total. The largest absolute Gasteiger partial charge is 0.497 e. The van der Waals surface area contributed by atoms with Gasteiger partial charge in [0.15, 0.2) is 0 Å². The highest BCUT2D eigenvalue weighted by atomic mass is 16.5. The normalized spacial score (nSPS) is 19.0. The molecule has 0 spiro atoms. The van der Waals surface area contributed by atoms with Crippen molar-refractivity contribution in [1.82, 2.24) is 14.5 Å². The van der Waals surface area contributed by atoms with Crippen molar-refractivity contribution in [3.8, 4) is 5.75 Å². The first kappa shape index (κ1) is 14.1. The standard InChI is InChI=1S/C17H23N3O/c1-21-17-5-3-15(4-6-17)16-7-11-19(13-16)9-2-10-20-12-8-18-14-20/h3-6,8,12,14,16H,2,7,9-11,13H2,1H3/t16-/m1/s1. The Balaban J connectivity index is 1.46. The Morgan fingerprint density at radius 2 is 2.10 bits per heavy atom. The van der Waals surface area contributed by atoms with Crippen molar-refractivity contribution >= 4 is 0 Å². The van der Waals surface area contributed by atoms with Gasteiger partial charge in [0.2, 0.25) is 0 Å². The summed E-state index contributed by atoms with van der Waals surface area (Å²) in [5.41, 5.74) is 1.44. The van der Waals surface area contributed by atoms with Crippen LogP contribution >= 0.6 is 0 Å². The molecule has 2 heterocycles. The molecule has 1 aliphatic heterocycles. The number of hydrogen-bond donors (Lipinski definition) is 0. The van der Waals surface area contributed by atoms with Gasteiger partial charge in [-0.05, 0) is 49.5 Å². The van der Waals surface area contributed by atoms with Gasteiger partial charge in [-0.2, -0.15) is 0 Å². The smallest absolute Gasteiger partial charge is 0.118 e. The highest BCUT2D eigenvalue weighted by molar-refractivity contribution is 5.30. The average Bonchev–Trinajstić information content (AvgIpc) is 3.19. The Labute approximate surface area is 126 Å². The van der Waals surface area contributed by atoms with Crippen molar-refractivity contribution in [2.75, 3.05) is 26.7 Å². The minimum absolute atomic E-state index is 0.671. The number of imidazole rings is 1. The van der Waals surface area contributed by atoms with Gasteiger partial charge in [0.25, 0.3) is 0 Å². The SMILES string of the molecule is COc1ccc([C@@H]2CCN(CCCn3ccnc3)C2)cc1. The quantitative estimate of drug-likeness (QED) is 0.817. The first-order chi connectivity index (χ1) is 10.3. The number of aryl methyl sites for hydroxylation is 1. The molecule has 21 heavy (non-hydrogen) atoms. The zero-order chi connectivity index (χ0) is 14.5. The van der Waals surface area contributed by atoms with Crippen LogP contribution in [0, 0.1) is 0 Å². The van der Waals surface area contributed by atoms with E-state index < -0.39 is 0 Å². The second-order valence-corrected chi connectivity index (χ2v) is 5.71. The number of nitrogens with zero attached hydrogens (tertiary/aromatic N) is 3. The van der Waals surface area contributed by atoms with E-state index in [1.807, 2.05) is 18.7 Å². The van der Waals surface area contributed by atoms with E-state index in [4.69, 9.17) is 4.74 Å². The fraction of sp³-hybridized carbons (Fsp3) is 0.471. The first-order valence-electron chi connectivity index (χ1n) is 7.67. The van der Waals surface area contributed by atoms with Gasteiger partial charge in [-0.25, -0.2) is 4.98 Å². The Bertz CT molecular complexity index is 536. The summed E-state index contributed by atoms with van der Waals surface area (Å²) < 4.78 is 7.37. The third kappa shape index (κ3) is 3.64. The maximum absolute atomic E-state index is 5.22. The molecule has 2 aromatic rings. The molecule has 0 aliphatic carbocycles. The Morgan fingerprint density at radius 3 is 2.81 bits per heavy atom. The Kier molecular flexibility index (Phi) is 4.55. The lowest BCUT2D eigenvalue weighted by Crippen LogP contribution is -2.22. The van der Waals surface area contributed by atoms with Gasteiger partial charge < -0.3 is 14.2 Å². The summed E-state index contributed by atoms with van der Waals surface area (Å²) >= 11 is 0. The maximum Gasteiger partial charge on any atom is 0.118 e. The second-order valence-electron chi connectivity index (χ2n) is 5.71. The number of hydrogen-bond acceptors (Lipinski definition) is 3. The molecule has 0 saturated carbocycles. The van der Waals surface area contributed by atoms with Crippen molar-refractivity contribution < 1.29 is 4.74 Å². The molecule has 0 unspecified atom stereocenters. The topological polar surface area (TPSA) is 30.3 Å². The predicted molar refractivity (Wildman–Crippen MR) is 83.6 cm³/mol. The van der Waals surface area contributed by atoms with Crippen LogP contribution in [0.4, 0.5) is 0 Å². The van der Waals surface area contributed by atoms with E-state index in [0.29, 0.717) is 5.92 Å². The van der Waals surface area contributed by atoms with Crippen LogP contribution in [-0.4, -0.2) is 41.2 Å². The van der Waals surface area contributed by atoms with E-state index in [0.717, 1.165) is 12.3 Å². The molecule has 0 bridgehead atoms. The molecule has 1 atom stereocenters. The summed E-state index contributed by atoms with van der Waals surface area (Å²) in [5.74, 6) is 1.61. The molecule has 0 amide bonds. The highest BCUT2D eigenvalue weighted by Crippen LogP contribution is 2.28. The molecule has 1 saturated heterocycles. The van der Waals surface area contributed by atoms with E-state index in [1.54, 1.807) is 7.11 Å². The van der Waals surface area contributed by atoms with Crippen molar-refractivity contribution in [1.29, 1.82) is 0 Å². The molecule has 1 aromatic carbocycles. The van der Waals surface area contributed by atoms with Crippen LogP contribution in [0.15, 0.2) is 43.0 Å². The number of rotatable bonds is 6. The van der Waals surface area contributed by atoms with Crippen molar-refractivity contribution in [2.24, 2.45) is 0 Å². The minimum Gasteiger partial charge on any atom is -0.497 e. The molecular formula is C17H23N3O. The number of methoxy groups -OCH3 is 1. The molecule has 1 aromatic heterocycles. The van der Waals surface area contributed by atoms with Crippen LogP contribution in [0.3, 0.4) is 0 Å². The maximum atomic E-state index is 5.22. The molecular weight excluding hydrogens is 262 g/mol. The lowest BCUT2D eigenvalue weighted by Gasteiger charge is -2.16. The third-order valence-corrected chi connectivity index (χ3v) is 4.31. The van der Waals surface area contributed by atoms with Crippen molar-refractivity contribution in [3.05, 3.63) is 48.5 Å². The molecule has 0 radical (unpaired) electrons. The monoisotopic (exact) mass is 285 g/mol. The van der Waals surface area contributed by atoms with E-state index in [-0.39, 0.29) is 0 Å². The second kappa shape index (κ2) is 6.76. The van der Waals surface area contributed by atoms with Crippen LogP contribution in [0.25, 0.3) is 0 Å². The third-order valence-electron chi connectivity index (χ3n) is 4.31. The summed E-state index contributed by atoms with van der Waals surface area (Å²) in [6, 6.07) is 8.55. The summed E-state index contributed by atoms with van der Waals surface area (Å²) in [6.07, 6.45) is 8.22. The summed E-state index contributed by atoms with van der Waals surface area (Å²) in [6.45, 7) is 4.62. The van der Waals surface area contributed by atoms with Gasteiger partial charge in [-0.1, -0.05) is 12.1 Å². The minimum atomic E-state index is 0.671. The molecule has 0 N–H and O–H groups in total. The molecule has 3 rings (SSSR count). The highest BCUT2D eigenvalue weighted by Gasteiger charge is 2.23. The van der Waals surface area contributed by atoms with Gasteiger partial charge in [0.1, 0.15) is 5.75 Å². The van der Waals surface area contributed by atoms with Gasteiger partial charge in [-0.3, -0.25) is 0 Å². The molecule has 4 heteroatoms. The lowest BCUT2D eigenvalue weighted by atomic mass is 9.98. The number of benzene rings is 1. The fourth-order valence-electron chi connectivity index (χ4n) is 3.08. The van der Waals surface area contributed by atoms with Crippen molar-refractivity contribution in [3.63, 3.8) is 0 Å². The van der Waals surface area contributed by atoms with E-state index in [2.05, 4.69) is 38.7 Å². The van der Waals surface area contributed by atoms with E-state index in [9.17, 15) is 0 Å². The van der Waals surface area contributed by atoms with Gasteiger partial charge in [0.05, 0.1) is 13.4 Å². The van der Waals surface area contributed by atoms with Crippen LogP contribution in [0.2, 0.25) is 0 Å². The summed E-state index contributed by atoms with van der Waals surface area (Å²) in [7, 11) is 1.71. The first-order valence-corrected chi connectivity index (χ1v) is 7.67. The van der Waals surface area contributed by atoms with E-state index >= 15 is 0 Å². The van der Waals surface area contributed by atoms with Gasteiger partial charge in [0, 0.05) is 25.5 Å². The zero-order valence-electron chi connectivity index (χ0n) is 12.6. The van der Waals surface area contributed by atoms with Crippen molar-refractivity contribution in [2.45, 2.75) is 25.3 Å². The number of likely N-dealkylation sites (tertiary alicyclic amines) is 1. The number of ether oxygens (including phenoxy) is 1. The van der Waals surface area contributed by atoms with Gasteiger partial charge in [-0.15, -0.1) is 0 Å². The molecule has 1 fully saturated rings. The van der Waals surface area contributed by atoms with Gasteiger partial charge >= 0.3 is 0 Å². The lowest BCUT2D eigenvalue weighted by molar-refractivity contribution is 0.321. The van der Waals surface area contributed by atoms with Crippen LogP contribution in [0.5, 0.6) is 5.75 Å². The van der Waals surface area contributed by atoms with Crippen LogP contribution in [0.1, 0.15) is 24.3 Å². The fourth-order valence-corrected chi connectivity index (χ4v) is 3.08. The zero-order valence-corrected chi connectivity index (χ0v) is 12.6.